The molecule has 5 heteroatoms. The number of aromatic nitrogens is 2. The van der Waals surface area contributed by atoms with Crippen molar-refractivity contribution in [2.75, 3.05) is 23.7 Å². The van der Waals surface area contributed by atoms with Gasteiger partial charge in [-0.3, -0.25) is 0 Å². The summed E-state index contributed by atoms with van der Waals surface area (Å²) in [5.41, 5.74) is 6.95. The number of anilines is 2. The second kappa shape index (κ2) is 4.87. The second-order valence-electron chi connectivity index (χ2n) is 4.87. The van der Waals surface area contributed by atoms with Crippen LogP contribution in [0.1, 0.15) is 38.2 Å². The molecule has 0 amide bonds. The Kier molecular flexibility index (Phi) is 3.47. The van der Waals surface area contributed by atoms with Gasteiger partial charge in [0.2, 0.25) is 0 Å². The fourth-order valence-corrected chi connectivity index (χ4v) is 2.28. The quantitative estimate of drug-likeness (QED) is 0.805. The molecule has 1 aromatic rings. The third kappa shape index (κ3) is 2.49. The Balaban J connectivity index is 2.28. The van der Waals surface area contributed by atoms with Crippen molar-refractivity contribution in [1.82, 2.24) is 9.97 Å². The molecule has 3 N–H and O–H groups in total. The zero-order valence-corrected chi connectivity index (χ0v) is 10.4. The van der Waals surface area contributed by atoms with Crippen molar-refractivity contribution in [2.45, 2.75) is 38.7 Å². The lowest BCUT2D eigenvalue weighted by atomic mass is 10.0. The van der Waals surface area contributed by atoms with Crippen LogP contribution in [0.3, 0.4) is 0 Å². The van der Waals surface area contributed by atoms with E-state index in [-0.39, 0.29) is 6.10 Å². The molecule has 94 valence electrons. The third-order valence-electron chi connectivity index (χ3n) is 3.24. The van der Waals surface area contributed by atoms with E-state index in [0.29, 0.717) is 11.7 Å². The van der Waals surface area contributed by atoms with Crippen LogP contribution < -0.4 is 10.6 Å². The highest BCUT2D eigenvalue weighted by molar-refractivity contribution is 5.58. The minimum absolute atomic E-state index is 0.173. The van der Waals surface area contributed by atoms with E-state index in [1.165, 1.54) is 6.33 Å². The van der Waals surface area contributed by atoms with Gasteiger partial charge in [0, 0.05) is 18.7 Å². The van der Waals surface area contributed by atoms with Gasteiger partial charge in [0.25, 0.3) is 0 Å². The number of nitrogens with two attached hydrogens (primary N) is 1. The van der Waals surface area contributed by atoms with Gasteiger partial charge in [-0.15, -0.1) is 0 Å². The van der Waals surface area contributed by atoms with Gasteiger partial charge in [-0.2, -0.15) is 0 Å². The predicted molar refractivity (Wildman–Crippen MR) is 68.0 cm³/mol. The van der Waals surface area contributed by atoms with Crippen molar-refractivity contribution in [1.29, 1.82) is 0 Å². The molecule has 1 saturated heterocycles. The van der Waals surface area contributed by atoms with E-state index in [2.05, 4.69) is 28.7 Å². The minimum Gasteiger partial charge on any atom is -0.393 e. The first-order valence-corrected chi connectivity index (χ1v) is 6.13. The molecular weight excluding hydrogens is 216 g/mol. The normalized spacial score (nSPS) is 17.8. The van der Waals surface area contributed by atoms with Crippen LogP contribution in [-0.2, 0) is 0 Å². The van der Waals surface area contributed by atoms with E-state index in [4.69, 9.17) is 5.73 Å². The maximum Gasteiger partial charge on any atom is 0.137 e. The van der Waals surface area contributed by atoms with Gasteiger partial charge in [-0.25, -0.2) is 9.97 Å². The van der Waals surface area contributed by atoms with E-state index in [0.717, 1.165) is 37.3 Å². The topological polar surface area (TPSA) is 75.3 Å². The Morgan fingerprint density at radius 2 is 2.00 bits per heavy atom. The molecule has 17 heavy (non-hydrogen) atoms. The average molecular weight is 236 g/mol. The van der Waals surface area contributed by atoms with Gasteiger partial charge in [-0.05, 0) is 18.8 Å². The number of aliphatic hydroxyl groups excluding tert-OH is 1. The molecule has 0 aliphatic carbocycles. The van der Waals surface area contributed by atoms with Gasteiger partial charge < -0.3 is 15.7 Å². The summed E-state index contributed by atoms with van der Waals surface area (Å²) >= 11 is 0. The lowest BCUT2D eigenvalue weighted by Gasteiger charge is -2.32. The number of nitrogen functional groups attached to an aromatic ring is 1. The van der Waals surface area contributed by atoms with Gasteiger partial charge in [0.1, 0.15) is 18.0 Å². The summed E-state index contributed by atoms with van der Waals surface area (Å²) in [5, 5.41) is 9.52. The smallest absolute Gasteiger partial charge is 0.137 e. The van der Waals surface area contributed by atoms with Gasteiger partial charge >= 0.3 is 0 Å². The molecule has 1 fully saturated rings. The Bertz CT molecular complexity index is 386. The van der Waals surface area contributed by atoms with Crippen molar-refractivity contribution in [3.8, 4) is 0 Å². The summed E-state index contributed by atoms with van der Waals surface area (Å²) in [5.74, 6) is 1.80. The Hall–Kier alpha value is -1.36. The fraction of sp³-hybridized carbons (Fsp3) is 0.667. The monoisotopic (exact) mass is 236 g/mol. The molecule has 0 atom stereocenters. The number of nitrogens with zero attached hydrogens (tertiary/aromatic N) is 3. The number of hydrogen-bond acceptors (Lipinski definition) is 5. The zero-order valence-electron chi connectivity index (χ0n) is 10.4. The van der Waals surface area contributed by atoms with Gasteiger partial charge in [0.15, 0.2) is 0 Å². The van der Waals surface area contributed by atoms with Crippen molar-refractivity contribution in [3.63, 3.8) is 0 Å². The van der Waals surface area contributed by atoms with E-state index >= 15 is 0 Å². The molecule has 0 bridgehead atoms. The molecule has 0 saturated carbocycles. The number of rotatable bonds is 2. The highest BCUT2D eigenvalue weighted by Crippen LogP contribution is 2.30. The van der Waals surface area contributed by atoms with Crippen molar-refractivity contribution in [3.05, 3.63) is 11.9 Å². The van der Waals surface area contributed by atoms with Crippen LogP contribution in [0.25, 0.3) is 0 Å². The van der Waals surface area contributed by atoms with Crippen LogP contribution >= 0.6 is 0 Å². The van der Waals surface area contributed by atoms with Crippen molar-refractivity contribution >= 4 is 11.6 Å². The van der Waals surface area contributed by atoms with E-state index < -0.39 is 0 Å². The summed E-state index contributed by atoms with van der Waals surface area (Å²) in [4.78, 5) is 10.6. The maximum atomic E-state index is 9.52. The summed E-state index contributed by atoms with van der Waals surface area (Å²) in [7, 11) is 0. The van der Waals surface area contributed by atoms with Crippen LogP contribution in [0.2, 0.25) is 0 Å². The first kappa shape index (κ1) is 12.1. The molecule has 2 rings (SSSR count). The largest absolute Gasteiger partial charge is 0.393 e. The summed E-state index contributed by atoms with van der Waals surface area (Å²) in [6, 6.07) is 0. The molecular formula is C12H20N4O. The van der Waals surface area contributed by atoms with Crippen molar-refractivity contribution in [2.24, 2.45) is 0 Å². The first-order chi connectivity index (χ1) is 8.09. The fourth-order valence-electron chi connectivity index (χ4n) is 2.28. The third-order valence-corrected chi connectivity index (χ3v) is 3.24. The Morgan fingerprint density at radius 1 is 1.35 bits per heavy atom. The Morgan fingerprint density at radius 3 is 2.59 bits per heavy atom. The lowest BCUT2D eigenvalue weighted by molar-refractivity contribution is 0.145. The molecule has 0 unspecified atom stereocenters. The molecule has 0 radical (unpaired) electrons. The summed E-state index contributed by atoms with van der Waals surface area (Å²) < 4.78 is 0. The molecule has 0 spiro atoms. The maximum absolute atomic E-state index is 9.52. The van der Waals surface area contributed by atoms with E-state index in [1.807, 2.05) is 0 Å². The number of aliphatic hydroxyl groups is 1. The van der Waals surface area contributed by atoms with Crippen LogP contribution in [0.4, 0.5) is 11.6 Å². The average Bonchev–Trinajstić information content (AvgIpc) is 2.29. The molecule has 1 aliphatic heterocycles. The predicted octanol–water partition coefficient (Wildman–Crippen LogP) is 1.14. The van der Waals surface area contributed by atoms with Crippen LogP contribution in [0.15, 0.2) is 6.33 Å². The van der Waals surface area contributed by atoms with Crippen LogP contribution in [-0.4, -0.2) is 34.3 Å². The van der Waals surface area contributed by atoms with E-state index in [1.54, 1.807) is 0 Å². The van der Waals surface area contributed by atoms with Gasteiger partial charge in [-0.1, -0.05) is 13.8 Å². The standard InChI is InChI=1S/C12H20N4O/c1-8(2)10-11(13)14-7-15-12(10)16-5-3-9(17)4-6-16/h7-9,17H,3-6H2,1-2H3,(H2,13,14,15). The van der Waals surface area contributed by atoms with Crippen molar-refractivity contribution < 1.29 is 5.11 Å². The first-order valence-electron chi connectivity index (χ1n) is 6.13. The lowest BCUT2D eigenvalue weighted by Crippen LogP contribution is -2.37. The molecule has 5 nitrogen and oxygen atoms in total. The van der Waals surface area contributed by atoms with Gasteiger partial charge in [0.05, 0.1) is 6.10 Å². The van der Waals surface area contributed by atoms with Crippen LogP contribution in [0.5, 0.6) is 0 Å². The highest BCUT2D eigenvalue weighted by atomic mass is 16.3. The molecule has 0 aromatic carbocycles. The number of piperidine rings is 1. The van der Waals surface area contributed by atoms with Crippen LogP contribution in [0, 0.1) is 0 Å². The zero-order chi connectivity index (χ0) is 12.4. The highest BCUT2D eigenvalue weighted by Gasteiger charge is 2.22. The molecule has 2 heterocycles. The minimum atomic E-state index is -0.173. The second-order valence-corrected chi connectivity index (χ2v) is 4.87. The molecule has 1 aromatic heterocycles. The summed E-state index contributed by atoms with van der Waals surface area (Å²) in [6.07, 6.45) is 2.93. The SMILES string of the molecule is CC(C)c1c(N)ncnc1N1CCC(O)CC1. The summed E-state index contributed by atoms with van der Waals surface area (Å²) in [6.45, 7) is 5.85. The van der Waals surface area contributed by atoms with E-state index in [9.17, 15) is 5.11 Å². The number of hydrogen-bond donors (Lipinski definition) is 2. The molecule has 1 aliphatic rings. The Labute approximate surface area is 102 Å².